The second-order valence-electron chi connectivity index (χ2n) is 3.80. The third-order valence-electron chi connectivity index (χ3n) is 2.59. The molecular weight excluding hydrogens is 300 g/mol. The van der Waals surface area contributed by atoms with E-state index in [1.165, 1.54) is 0 Å². The predicted molar refractivity (Wildman–Crippen MR) is 61.5 cm³/mol. The topological polar surface area (TPSA) is 23.1 Å². The lowest BCUT2D eigenvalue weighted by molar-refractivity contribution is 0.495. The van der Waals surface area contributed by atoms with Crippen molar-refractivity contribution in [3.8, 4) is 0 Å². The summed E-state index contributed by atoms with van der Waals surface area (Å²) in [6.07, 6.45) is 0. The van der Waals surface area contributed by atoms with Crippen LogP contribution in [0.15, 0.2) is 43.8 Å². The van der Waals surface area contributed by atoms with E-state index in [-0.39, 0.29) is 19.6 Å². The SMILES string of the molecule is [O-][S+]1c2cc(F)c(F)cc2Sc2cc(F)c(F)cc21. The molecule has 98 valence electrons. The van der Waals surface area contributed by atoms with Gasteiger partial charge in [0.1, 0.15) is 0 Å². The molecule has 1 heterocycles. The van der Waals surface area contributed by atoms with Gasteiger partial charge in [0.2, 0.25) is 0 Å². The van der Waals surface area contributed by atoms with Gasteiger partial charge in [0.25, 0.3) is 0 Å². The summed E-state index contributed by atoms with van der Waals surface area (Å²) in [7, 11) is 0. The van der Waals surface area contributed by atoms with Crippen molar-refractivity contribution >= 4 is 22.9 Å². The van der Waals surface area contributed by atoms with E-state index in [0.717, 1.165) is 36.0 Å². The molecule has 0 fully saturated rings. The third-order valence-corrected chi connectivity index (χ3v) is 5.44. The van der Waals surface area contributed by atoms with Crippen LogP contribution in [-0.4, -0.2) is 4.55 Å². The highest BCUT2D eigenvalue weighted by atomic mass is 32.2. The van der Waals surface area contributed by atoms with Gasteiger partial charge in [0.05, 0.1) is 9.79 Å². The van der Waals surface area contributed by atoms with Gasteiger partial charge in [-0.1, -0.05) is 11.8 Å². The van der Waals surface area contributed by atoms with Gasteiger partial charge in [-0.05, 0) is 12.1 Å². The lowest BCUT2D eigenvalue weighted by Gasteiger charge is -2.21. The van der Waals surface area contributed by atoms with Crippen molar-refractivity contribution in [3.63, 3.8) is 0 Å². The highest BCUT2D eigenvalue weighted by Gasteiger charge is 2.32. The number of hydrogen-bond acceptors (Lipinski definition) is 2. The van der Waals surface area contributed by atoms with Crippen molar-refractivity contribution in [1.29, 1.82) is 0 Å². The van der Waals surface area contributed by atoms with Gasteiger partial charge in [0.15, 0.2) is 33.1 Å². The van der Waals surface area contributed by atoms with Gasteiger partial charge in [0, 0.05) is 23.3 Å². The molecule has 0 saturated heterocycles. The molecule has 0 radical (unpaired) electrons. The molecule has 7 heteroatoms. The maximum atomic E-state index is 13.1. The zero-order chi connectivity index (χ0) is 13.7. The van der Waals surface area contributed by atoms with Crippen LogP contribution >= 0.6 is 11.8 Å². The van der Waals surface area contributed by atoms with Gasteiger partial charge in [-0.15, -0.1) is 0 Å². The summed E-state index contributed by atoms with van der Waals surface area (Å²) in [6.45, 7) is 0. The second-order valence-corrected chi connectivity index (χ2v) is 6.30. The Morgan fingerprint density at radius 1 is 0.737 bits per heavy atom. The van der Waals surface area contributed by atoms with Crippen LogP contribution in [0.3, 0.4) is 0 Å². The zero-order valence-electron chi connectivity index (χ0n) is 9.05. The summed E-state index contributed by atoms with van der Waals surface area (Å²) in [4.78, 5) is 0.580. The Kier molecular flexibility index (Phi) is 2.99. The van der Waals surface area contributed by atoms with Crippen molar-refractivity contribution < 1.29 is 22.1 Å². The summed E-state index contributed by atoms with van der Waals surface area (Å²) in [5.74, 6) is -4.40. The third kappa shape index (κ3) is 2.01. The van der Waals surface area contributed by atoms with Crippen molar-refractivity contribution in [1.82, 2.24) is 0 Å². The van der Waals surface area contributed by atoms with Crippen molar-refractivity contribution in [2.75, 3.05) is 0 Å². The maximum Gasteiger partial charge on any atom is 0.175 e. The number of fused-ring (bicyclic) bond motifs is 2. The number of benzene rings is 2. The van der Waals surface area contributed by atoms with E-state index in [9.17, 15) is 22.1 Å². The minimum absolute atomic E-state index is 0.0578. The largest absolute Gasteiger partial charge is 0.606 e. The minimum Gasteiger partial charge on any atom is -0.606 e. The molecule has 0 spiro atoms. The van der Waals surface area contributed by atoms with Crippen LogP contribution in [0, 0.1) is 23.3 Å². The molecule has 2 aromatic carbocycles. The Bertz CT molecular complexity index is 632. The summed E-state index contributed by atoms with van der Waals surface area (Å²) in [5.41, 5.74) is 0. The first-order valence-corrected chi connectivity index (χ1v) is 7.01. The average molecular weight is 304 g/mol. The fourth-order valence-electron chi connectivity index (χ4n) is 1.71. The van der Waals surface area contributed by atoms with Crippen LogP contribution in [0.2, 0.25) is 0 Å². The molecule has 2 aromatic rings. The molecule has 1 nitrogen and oxygen atoms in total. The van der Waals surface area contributed by atoms with E-state index in [1.807, 2.05) is 0 Å². The maximum absolute atomic E-state index is 13.1. The lowest BCUT2D eigenvalue weighted by Crippen LogP contribution is -2.11. The minimum atomic E-state index is -1.86. The van der Waals surface area contributed by atoms with Crippen molar-refractivity contribution in [2.45, 2.75) is 19.6 Å². The highest BCUT2D eigenvalue weighted by molar-refractivity contribution is 8.02. The Morgan fingerprint density at radius 3 is 1.53 bits per heavy atom. The molecule has 0 unspecified atom stereocenters. The molecule has 0 amide bonds. The van der Waals surface area contributed by atoms with Crippen LogP contribution in [-0.2, 0) is 11.2 Å². The van der Waals surface area contributed by atoms with Crippen LogP contribution in [0.1, 0.15) is 0 Å². The van der Waals surface area contributed by atoms with Gasteiger partial charge >= 0.3 is 0 Å². The summed E-state index contributed by atoms with van der Waals surface area (Å²) >= 11 is -0.936. The first kappa shape index (κ1) is 12.8. The standard InChI is InChI=1S/C12H4F4OS2/c13-5-1-9-11(3-7(5)15)19(17)12-4-8(16)6(14)2-10(12)18-9/h1-4H. The van der Waals surface area contributed by atoms with E-state index in [4.69, 9.17) is 0 Å². The smallest absolute Gasteiger partial charge is 0.175 e. The van der Waals surface area contributed by atoms with Crippen LogP contribution in [0.5, 0.6) is 0 Å². The summed E-state index contributed by atoms with van der Waals surface area (Å²) in [5, 5.41) is 0. The van der Waals surface area contributed by atoms with E-state index in [1.54, 1.807) is 0 Å². The number of halogens is 4. The first-order chi connectivity index (χ1) is 8.97. The van der Waals surface area contributed by atoms with Gasteiger partial charge in [-0.2, -0.15) is 0 Å². The highest BCUT2D eigenvalue weighted by Crippen LogP contribution is 2.45. The Balaban J connectivity index is 2.20. The van der Waals surface area contributed by atoms with E-state index < -0.39 is 34.4 Å². The summed E-state index contributed by atoms with van der Waals surface area (Å²) < 4.78 is 64.7. The molecule has 0 saturated carbocycles. The predicted octanol–water partition coefficient (Wildman–Crippen LogP) is 3.87. The molecular formula is C12H4F4OS2. The van der Waals surface area contributed by atoms with Crippen LogP contribution < -0.4 is 0 Å². The number of hydrogen-bond donors (Lipinski definition) is 0. The molecule has 3 rings (SSSR count). The molecule has 19 heavy (non-hydrogen) atoms. The average Bonchev–Trinajstić information content (AvgIpc) is 2.35. The van der Waals surface area contributed by atoms with Gasteiger partial charge < -0.3 is 4.55 Å². The molecule has 0 atom stereocenters. The fourth-order valence-corrected chi connectivity index (χ4v) is 4.43. The summed E-state index contributed by atoms with van der Waals surface area (Å²) in [6, 6.07) is 3.44. The van der Waals surface area contributed by atoms with E-state index in [2.05, 4.69) is 0 Å². The van der Waals surface area contributed by atoms with E-state index in [0.29, 0.717) is 0 Å². The molecule has 0 bridgehead atoms. The molecule has 0 aromatic heterocycles. The molecule has 1 aliphatic heterocycles. The van der Waals surface area contributed by atoms with Gasteiger partial charge in [-0.25, -0.2) is 17.6 Å². The molecule has 0 N–H and O–H groups in total. The zero-order valence-corrected chi connectivity index (χ0v) is 10.7. The normalized spacial score (nSPS) is 14.2. The molecule has 0 aliphatic carbocycles. The Hall–Kier alpha value is -1.18. The second kappa shape index (κ2) is 4.43. The fraction of sp³-hybridized carbons (Fsp3) is 0. The van der Waals surface area contributed by atoms with Crippen LogP contribution in [0.4, 0.5) is 17.6 Å². The van der Waals surface area contributed by atoms with Crippen molar-refractivity contribution in [3.05, 3.63) is 47.5 Å². The van der Waals surface area contributed by atoms with Crippen LogP contribution in [0.25, 0.3) is 0 Å². The monoisotopic (exact) mass is 304 g/mol. The molecule has 1 aliphatic rings. The van der Waals surface area contributed by atoms with E-state index >= 15 is 0 Å². The Morgan fingerprint density at radius 2 is 1.11 bits per heavy atom. The Labute approximate surface area is 112 Å². The van der Waals surface area contributed by atoms with Crippen molar-refractivity contribution in [2.24, 2.45) is 0 Å². The first-order valence-electron chi connectivity index (χ1n) is 5.05. The van der Waals surface area contributed by atoms with Gasteiger partial charge in [-0.3, -0.25) is 0 Å². The number of rotatable bonds is 0. The quantitative estimate of drug-likeness (QED) is 0.545. The lowest BCUT2D eigenvalue weighted by atomic mass is 10.3.